The van der Waals surface area contributed by atoms with Crippen LogP contribution in [0, 0.1) is 0 Å². The van der Waals surface area contributed by atoms with Crippen LogP contribution in [0.3, 0.4) is 0 Å². The van der Waals surface area contributed by atoms with Crippen LogP contribution in [0.5, 0.6) is 5.75 Å². The number of hydrogen-bond acceptors (Lipinski definition) is 3. The summed E-state index contributed by atoms with van der Waals surface area (Å²) in [7, 11) is 5.34. The van der Waals surface area contributed by atoms with Crippen LogP contribution in [-0.4, -0.2) is 18.2 Å². The highest BCUT2D eigenvalue weighted by Gasteiger charge is 1.96. The van der Waals surface area contributed by atoms with Gasteiger partial charge in [0.25, 0.3) is 0 Å². The van der Waals surface area contributed by atoms with Crippen molar-refractivity contribution in [2.75, 3.05) is 5.48 Å². The smallest absolute Gasteiger partial charge is 0.140 e. The minimum absolute atomic E-state index is 0.0308. The maximum Gasteiger partial charge on any atom is 0.140 e. The van der Waals surface area contributed by atoms with Gasteiger partial charge in [-0.1, -0.05) is 11.5 Å². The van der Waals surface area contributed by atoms with Crippen LogP contribution in [0.2, 0.25) is 0 Å². The van der Waals surface area contributed by atoms with E-state index in [-0.39, 0.29) is 11.4 Å². The average molecular weight is 135 g/mol. The molecule has 0 saturated heterocycles. The number of rotatable bonds is 1. The SMILES string of the molecule is [B]c1ccc(O)c(NO)c1. The number of phenols is 1. The first-order valence-electron chi connectivity index (χ1n) is 2.72. The highest BCUT2D eigenvalue weighted by Crippen LogP contribution is 2.18. The Bertz CT molecular complexity index is 239. The van der Waals surface area contributed by atoms with Crippen molar-refractivity contribution < 1.29 is 10.3 Å². The molecule has 0 aliphatic carbocycles. The van der Waals surface area contributed by atoms with E-state index in [1.165, 1.54) is 18.2 Å². The summed E-state index contributed by atoms with van der Waals surface area (Å²) in [6.45, 7) is 0. The van der Waals surface area contributed by atoms with E-state index in [1.54, 1.807) is 5.48 Å². The number of aromatic hydroxyl groups is 1. The predicted octanol–water partition coefficient (Wildman–Crippen LogP) is -0.0129. The molecule has 2 radical (unpaired) electrons. The van der Waals surface area contributed by atoms with Gasteiger partial charge in [0.1, 0.15) is 19.3 Å². The second-order valence-electron chi connectivity index (χ2n) is 1.89. The van der Waals surface area contributed by atoms with Gasteiger partial charge in [0.15, 0.2) is 0 Å². The lowest BCUT2D eigenvalue weighted by Gasteiger charge is -2.02. The fraction of sp³-hybridized carbons (Fsp3) is 0. The van der Waals surface area contributed by atoms with Crippen LogP contribution >= 0.6 is 0 Å². The molecule has 0 fully saturated rings. The molecule has 50 valence electrons. The second-order valence-corrected chi connectivity index (χ2v) is 1.89. The third kappa shape index (κ3) is 1.22. The van der Waals surface area contributed by atoms with Crippen molar-refractivity contribution in [2.24, 2.45) is 0 Å². The lowest BCUT2D eigenvalue weighted by atomic mass is 9.96. The molecule has 1 aromatic carbocycles. The normalized spacial score (nSPS) is 9.30. The predicted molar refractivity (Wildman–Crippen MR) is 38.9 cm³/mol. The summed E-state index contributed by atoms with van der Waals surface area (Å²) < 4.78 is 0. The molecule has 0 aliphatic heterocycles. The third-order valence-electron chi connectivity index (χ3n) is 1.14. The maximum absolute atomic E-state index is 8.96. The Hall–Kier alpha value is -1.16. The summed E-state index contributed by atoms with van der Waals surface area (Å²) in [6, 6.07) is 4.36. The van der Waals surface area contributed by atoms with E-state index < -0.39 is 0 Å². The Morgan fingerprint density at radius 2 is 2.10 bits per heavy atom. The lowest BCUT2D eigenvalue weighted by Crippen LogP contribution is -2.02. The van der Waals surface area contributed by atoms with Crippen molar-refractivity contribution in [3.05, 3.63) is 18.2 Å². The highest BCUT2D eigenvalue weighted by atomic mass is 16.5. The zero-order valence-electron chi connectivity index (χ0n) is 5.20. The van der Waals surface area contributed by atoms with Crippen molar-refractivity contribution in [3.8, 4) is 5.75 Å². The van der Waals surface area contributed by atoms with Gasteiger partial charge in [-0.15, -0.1) is 0 Å². The van der Waals surface area contributed by atoms with Gasteiger partial charge >= 0.3 is 0 Å². The quantitative estimate of drug-likeness (QED) is 0.288. The Morgan fingerprint density at radius 1 is 1.40 bits per heavy atom. The summed E-state index contributed by atoms with van der Waals surface area (Å²) in [5.74, 6) is -0.0308. The van der Waals surface area contributed by atoms with Crippen molar-refractivity contribution in [3.63, 3.8) is 0 Å². The zero-order valence-corrected chi connectivity index (χ0v) is 5.20. The first-order chi connectivity index (χ1) is 4.74. The number of benzene rings is 1. The number of nitrogens with one attached hydrogen (secondary N) is 1. The zero-order chi connectivity index (χ0) is 7.56. The molecular formula is C6H6BNO2. The molecule has 0 heterocycles. The van der Waals surface area contributed by atoms with Crippen molar-refractivity contribution in [2.45, 2.75) is 0 Å². The van der Waals surface area contributed by atoms with E-state index in [1.807, 2.05) is 0 Å². The minimum Gasteiger partial charge on any atom is -0.506 e. The summed E-state index contributed by atoms with van der Waals surface area (Å²) in [5, 5.41) is 17.3. The van der Waals surface area contributed by atoms with Crippen LogP contribution in [0.1, 0.15) is 0 Å². The van der Waals surface area contributed by atoms with Crippen LogP contribution in [0.25, 0.3) is 0 Å². The molecule has 3 nitrogen and oxygen atoms in total. The molecule has 1 rings (SSSR count). The monoisotopic (exact) mass is 135 g/mol. The second kappa shape index (κ2) is 2.62. The maximum atomic E-state index is 8.96. The number of hydrogen-bond donors (Lipinski definition) is 3. The van der Waals surface area contributed by atoms with Crippen molar-refractivity contribution >= 4 is 19.0 Å². The van der Waals surface area contributed by atoms with Crippen molar-refractivity contribution in [1.29, 1.82) is 0 Å². The summed E-state index contributed by atoms with van der Waals surface area (Å²) in [4.78, 5) is 0. The van der Waals surface area contributed by atoms with E-state index in [0.29, 0.717) is 5.46 Å². The molecule has 0 atom stereocenters. The molecule has 0 amide bonds. The third-order valence-corrected chi connectivity index (χ3v) is 1.14. The van der Waals surface area contributed by atoms with Gasteiger partial charge in [0.05, 0.1) is 0 Å². The van der Waals surface area contributed by atoms with E-state index >= 15 is 0 Å². The van der Waals surface area contributed by atoms with E-state index in [9.17, 15) is 0 Å². The molecule has 0 spiro atoms. The molecule has 0 bridgehead atoms. The fourth-order valence-electron chi connectivity index (χ4n) is 0.643. The lowest BCUT2D eigenvalue weighted by molar-refractivity contribution is 0.381. The van der Waals surface area contributed by atoms with Gasteiger partial charge in [-0.3, -0.25) is 10.7 Å². The highest BCUT2D eigenvalue weighted by molar-refractivity contribution is 6.32. The first kappa shape index (κ1) is 6.96. The Labute approximate surface area is 59.7 Å². The van der Waals surface area contributed by atoms with Gasteiger partial charge in [-0.05, 0) is 12.1 Å². The molecule has 3 N–H and O–H groups in total. The van der Waals surface area contributed by atoms with Crippen LogP contribution in [0.15, 0.2) is 18.2 Å². The summed E-state index contributed by atoms with van der Waals surface area (Å²) >= 11 is 0. The standard InChI is InChI=1S/C6H6BNO2/c7-4-1-2-6(9)5(3-4)8-10/h1-3,8-10H. The first-order valence-corrected chi connectivity index (χ1v) is 2.72. The topological polar surface area (TPSA) is 52.5 Å². The Morgan fingerprint density at radius 3 is 2.60 bits per heavy atom. The molecule has 10 heavy (non-hydrogen) atoms. The molecule has 0 saturated carbocycles. The Kier molecular flexibility index (Phi) is 1.82. The summed E-state index contributed by atoms with van der Waals surface area (Å²) in [6.07, 6.45) is 0. The molecule has 0 aromatic heterocycles. The van der Waals surface area contributed by atoms with Gasteiger partial charge in [0, 0.05) is 0 Å². The van der Waals surface area contributed by atoms with Gasteiger partial charge in [-0.25, -0.2) is 0 Å². The van der Waals surface area contributed by atoms with Gasteiger partial charge < -0.3 is 5.11 Å². The average Bonchev–Trinajstić information content (AvgIpc) is 1.94. The Balaban J connectivity index is 3.09. The van der Waals surface area contributed by atoms with E-state index in [2.05, 4.69) is 0 Å². The molecule has 0 unspecified atom stereocenters. The van der Waals surface area contributed by atoms with Gasteiger partial charge in [0.2, 0.25) is 0 Å². The summed E-state index contributed by atoms with van der Waals surface area (Å²) in [5.41, 5.74) is 2.50. The molecule has 1 aromatic rings. The largest absolute Gasteiger partial charge is 0.506 e. The van der Waals surface area contributed by atoms with E-state index in [0.717, 1.165) is 0 Å². The molecule has 0 aliphatic rings. The molecule has 4 heteroatoms. The van der Waals surface area contributed by atoms with Crippen LogP contribution in [-0.2, 0) is 0 Å². The minimum atomic E-state index is -0.0308. The number of anilines is 1. The van der Waals surface area contributed by atoms with Crippen molar-refractivity contribution in [1.82, 2.24) is 0 Å². The van der Waals surface area contributed by atoms with E-state index in [4.69, 9.17) is 18.2 Å². The van der Waals surface area contributed by atoms with Gasteiger partial charge in [-0.2, -0.15) is 0 Å². The fourth-order valence-corrected chi connectivity index (χ4v) is 0.643. The number of phenolic OH excluding ortho intramolecular Hbond substituents is 1. The van der Waals surface area contributed by atoms with Crippen LogP contribution < -0.4 is 10.9 Å². The van der Waals surface area contributed by atoms with Crippen LogP contribution in [0.4, 0.5) is 5.69 Å². The molecular weight excluding hydrogens is 129 g/mol.